The van der Waals surface area contributed by atoms with Crippen LogP contribution in [0.15, 0.2) is 59.5 Å². The van der Waals surface area contributed by atoms with Gasteiger partial charge in [-0.3, -0.25) is 9.59 Å². The first kappa shape index (κ1) is 21.4. The minimum absolute atomic E-state index is 0.0274. The summed E-state index contributed by atoms with van der Waals surface area (Å²) in [4.78, 5) is 25.4. The Labute approximate surface area is 174 Å². The Kier molecular flexibility index (Phi) is 5.86. The lowest BCUT2D eigenvalue weighted by atomic mass is 10.1. The van der Waals surface area contributed by atoms with Crippen molar-refractivity contribution >= 4 is 21.7 Å². The summed E-state index contributed by atoms with van der Waals surface area (Å²) < 4.78 is 24.4. The van der Waals surface area contributed by atoms with Gasteiger partial charge in [-0.2, -0.15) is 5.10 Å². The Morgan fingerprint density at radius 1 is 1.03 bits per heavy atom. The molecule has 30 heavy (non-hydrogen) atoms. The van der Waals surface area contributed by atoms with Crippen LogP contribution in [0.25, 0.3) is 5.69 Å². The number of nitrogens with zero attached hydrogens (tertiary/aromatic N) is 2. The number of carbonyl (C=O) groups is 2. The number of aromatic nitrogens is 2. The number of carbonyl (C=O) groups excluding carboxylic acids is 2. The maximum absolute atomic E-state index is 12.8. The van der Waals surface area contributed by atoms with Crippen LogP contribution < -0.4 is 10.5 Å². The van der Waals surface area contributed by atoms with Gasteiger partial charge in [-0.15, -0.1) is 0 Å². The van der Waals surface area contributed by atoms with Crippen molar-refractivity contribution in [2.45, 2.75) is 31.7 Å². The highest BCUT2D eigenvalue weighted by atomic mass is 32.2. The maximum Gasteiger partial charge on any atom is 0.293 e. The zero-order valence-corrected chi connectivity index (χ0v) is 17.6. The van der Waals surface area contributed by atoms with Gasteiger partial charge in [0.25, 0.3) is 11.7 Å². The first-order valence-electron chi connectivity index (χ1n) is 9.19. The molecule has 0 spiro atoms. The Morgan fingerprint density at radius 3 is 2.20 bits per heavy atom. The summed E-state index contributed by atoms with van der Waals surface area (Å²) in [6.45, 7) is 5.12. The molecule has 0 saturated carbocycles. The number of Topliss-reactive ketones (excluding diaryl/α,β-unsaturated/α-hetero) is 1. The minimum Gasteiger partial charge on any atom is -0.343 e. The molecule has 3 N–H and O–H groups in total. The van der Waals surface area contributed by atoms with Gasteiger partial charge in [-0.25, -0.2) is 18.2 Å². The van der Waals surface area contributed by atoms with Crippen molar-refractivity contribution < 1.29 is 18.0 Å². The maximum atomic E-state index is 12.8. The highest BCUT2D eigenvalue weighted by molar-refractivity contribution is 7.89. The number of hydrogen-bond donors (Lipinski definition) is 2. The van der Waals surface area contributed by atoms with E-state index in [4.69, 9.17) is 5.14 Å². The van der Waals surface area contributed by atoms with E-state index in [-0.39, 0.29) is 10.5 Å². The van der Waals surface area contributed by atoms with Crippen LogP contribution in [0.1, 0.15) is 40.3 Å². The molecular formula is C21H22N4O4S. The van der Waals surface area contributed by atoms with Crippen molar-refractivity contribution in [1.82, 2.24) is 15.1 Å². The molecule has 1 heterocycles. The molecule has 0 fully saturated rings. The predicted octanol–water partition coefficient (Wildman–Crippen LogP) is 2.20. The third-order valence-corrected chi connectivity index (χ3v) is 5.71. The lowest BCUT2D eigenvalue weighted by molar-refractivity contribution is -0.117. The third-order valence-electron chi connectivity index (χ3n) is 4.78. The zero-order chi connectivity index (χ0) is 22.1. The van der Waals surface area contributed by atoms with Gasteiger partial charge in [0.05, 0.1) is 33.6 Å². The van der Waals surface area contributed by atoms with Crippen molar-refractivity contribution in [1.29, 1.82) is 0 Å². The summed E-state index contributed by atoms with van der Waals surface area (Å²) in [5, 5.41) is 12.1. The number of benzene rings is 2. The molecule has 0 radical (unpaired) electrons. The van der Waals surface area contributed by atoms with Crippen molar-refractivity contribution in [3.63, 3.8) is 0 Å². The van der Waals surface area contributed by atoms with E-state index in [1.165, 1.54) is 12.1 Å². The number of para-hydroxylation sites is 1. The van der Waals surface area contributed by atoms with Gasteiger partial charge >= 0.3 is 0 Å². The molecule has 3 rings (SSSR count). The van der Waals surface area contributed by atoms with E-state index in [1.54, 1.807) is 37.6 Å². The Balaban J connectivity index is 1.79. The number of hydrogen-bond acceptors (Lipinski definition) is 5. The second-order valence-electron chi connectivity index (χ2n) is 6.93. The monoisotopic (exact) mass is 426 g/mol. The van der Waals surface area contributed by atoms with Gasteiger partial charge in [-0.05, 0) is 50.6 Å². The molecule has 8 nitrogen and oxygen atoms in total. The largest absolute Gasteiger partial charge is 0.343 e. The minimum atomic E-state index is -3.80. The van der Waals surface area contributed by atoms with Crippen LogP contribution in [0.2, 0.25) is 0 Å². The summed E-state index contributed by atoms with van der Waals surface area (Å²) in [6, 6.07) is 14.6. The van der Waals surface area contributed by atoms with Gasteiger partial charge in [0, 0.05) is 0 Å². The normalized spacial score (nSPS) is 12.4. The second-order valence-corrected chi connectivity index (χ2v) is 8.49. The van der Waals surface area contributed by atoms with Crippen molar-refractivity contribution in [3.8, 4) is 5.69 Å². The van der Waals surface area contributed by atoms with Crippen LogP contribution >= 0.6 is 0 Å². The van der Waals surface area contributed by atoms with E-state index in [0.717, 1.165) is 5.69 Å². The molecule has 0 aliphatic carbocycles. The molecule has 3 aromatic rings. The van der Waals surface area contributed by atoms with Crippen LogP contribution in [0.4, 0.5) is 0 Å². The van der Waals surface area contributed by atoms with Gasteiger partial charge < -0.3 is 5.32 Å². The van der Waals surface area contributed by atoms with Crippen molar-refractivity contribution in [2.24, 2.45) is 5.14 Å². The number of ketones is 1. The number of primary sulfonamides is 1. The van der Waals surface area contributed by atoms with E-state index >= 15 is 0 Å². The molecule has 156 valence electrons. The van der Waals surface area contributed by atoms with E-state index in [2.05, 4.69) is 10.4 Å². The second kappa shape index (κ2) is 8.21. The number of rotatable bonds is 6. The van der Waals surface area contributed by atoms with E-state index in [9.17, 15) is 18.0 Å². The predicted molar refractivity (Wildman–Crippen MR) is 112 cm³/mol. The molecule has 2 aromatic carbocycles. The number of nitrogens with one attached hydrogen (secondary N) is 1. The quantitative estimate of drug-likeness (QED) is 0.462. The standard InChI is InChI=1S/C21H22N4O4S/c1-13(16-9-11-18(12-10-16)30(22,28)29)23-21(27)20(26)19-14(2)24-25(15(19)3)17-7-5-4-6-8-17/h4-13H,1-3H3,(H,23,27)(H2,22,28,29)/t13-/m0/s1. The fraction of sp³-hybridized carbons (Fsp3) is 0.190. The highest BCUT2D eigenvalue weighted by Gasteiger charge is 2.26. The molecule has 1 atom stereocenters. The number of nitrogens with two attached hydrogens (primary N) is 1. The zero-order valence-electron chi connectivity index (χ0n) is 16.8. The van der Waals surface area contributed by atoms with Crippen LogP contribution in [0.5, 0.6) is 0 Å². The lowest BCUT2D eigenvalue weighted by Gasteiger charge is -2.14. The molecule has 9 heteroatoms. The van der Waals surface area contributed by atoms with E-state index in [1.807, 2.05) is 30.3 Å². The molecule has 1 aromatic heterocycles. The molecular weight excluding hydrogens is 404 g/mol. The van der Waals surface area contributed by atoms with Crippen LogP contribution in [0.3, 0.4) is 0 Å². The van der Waals surface area contributed by atoms with E-state index in [0.29, 0.717) is 17.0 Å². The van der Waals surface area contributed by atoms with Gasteiger partial charge in [0.2, 0.25) is 10.0 Å². The summed E-state index contributed by atoms with van der Waals surface area (Å²) in [7, 11) is -3.80. The highest BCUT2D eigenvalue weighted by Crippen LogP contribution is 2.20. The van der Waals surface area contributed by atoms with Gasteiger partial charge in [0.1, 0.15) is 0 Å². The Hall–Kier alpha value is -3.30. The van der Waals surface area contributed by atoms with Gasteiger partial charge in [-0.1, -0.05) is 30.3 Å². The summed E-state index contributed by atoms with van der Waals surface area (Å²) >= 11 is 0. The Bertz CT molecular complexity index is 1200. The summed E-state index contributed by atoms with van der Waals surface area (Å²) in [5.74, 6) is -1.45. The molecule has 0 bridgehead atoms. The molecule has 1 amide bonds. The topological polar surface area (TPSA) is 124 Å². The molecule has 0 unspecified atom stereocenters. The SMILES string of the molecule is Cc1nn(-c2ccccc2)c(C)c1C(=O)C(=O)N[C@@H](C)c1ccc(S(N)(=O)=O)cc1. The van der Waals surface area contributed by atoms with E-state index < -0.39 is 27.8 Å². The first-order valence-corrected chi connectivity index (χ1v) is 10.7. The van der Waals surface area contributed by atoms with Crippen molar-refractivity contribution in [3.05, 3.63) is 77.1 Å². The fourth-order valence-corrected chi connectivity index (χ4v) is 3.71. The molecule has 0 aliphatic rings. The van der Waals surface area contributed by atoms with Crippen molar-refractivity contribution in [2.75, 3.05) is 0 Å². The van der Waals surface area contributed by atoms with Crippen LogP contribution in [-0.2, 0) is 14.8 Å². The third kappa shape index (κ3) is 4.32. The Morgan fingerprint density at radius 2 is 1.63 bits per heavy atom. The van der Waals surface area contributed by atoms with Gasteiger partial charge in [0.15, 0.2) is 0 Å². The van der Waals surface area contributed by atoms with Crippen LogP contribution in [-0.4, -0.2) is 29.9 Å². The number of aryl methyl sites for hydroxylation is 1. The van der Waals surface area contributed by atoms with Crippen LogP contribution in [0, 0.1) is 13.8 Å². The smallest absolute Gasteiger partial charge is 0.293 e. The summed E-state index contributed by atoms with van der Waals surface area (Å²) in [6.07, 6.45) is 0. The number of sulfonamides is 1. The first-order chi connectivity index (χ1) is 14.1. The average Bonchev–Trinajstić information content (AvgIpc) is 3.01. The fourth-order valence-electron chi connectivity index (χ4n) is 3.20. The number of amides is 1. The molecule has 0 saturated heterocycles. The summed E-state index contributed by atoms with van der Waals surface area (Å²) in [5.41, 5.74) is 2.72. The molecule has 0 aliphatic heterocycles. The lowest BCUT2D eigenvalue weighted by Crippen LogP contribution is -2.33. The average molecular weight is 426 g/mol.